The molecule has 156 valence electrons. The van der Waals surface area contributed by atoms with E-state index < -0.39 is 0 Å². The second-order valence-electron chi connectivity index (χ2n) is 6.83. The third-order valence-electron chi connectivity index (χ3n) is 5.00. The molecule has 8 nitrogen and oxygen atoms in total. The van der Waals surface area contributed by atoms with Gasteiger partial charge in [0.2, 0.25) is 11.7 Å². The highest BCUT2D eigenvalue weighted by Crippen LogP contribution is 2.31. The molecule has 0 aliphatic carbocycles. The summed E-state index contributed by atoms with van der Waals surface area (Å²) in [5.41, 5.74) is 2.99. The van der Waals surface area contributed by atoms with Crippen molar-refractivity contribution in [1.29, 1.82) is 0 Å². The standard InChI is InChI=1S/C22H20N6O2S/c1-3-28-21(17-12-23-18-7-5-4-6-16(17)18)25-26-22(28)31-13-19-24-20(27-30-19)14-8-10-15(29-2)11-9-14/h4-12,23H,3,13H2,1-2H3. The molecule has 5 rings (SSSR count). The lowest BCUT2D eigenvalue weighted by Crippen LogP contribution is -1.99. The van der Waals surface area contributed by atoms with Gasteiger partial charge >= 0.3 is 0 Å². The molecule has 0 unspecified atom stereocenters. The Labute approximate surface area is 182 Å². The van der Waals surface area contributed by atoms with Crippen molar-refractivity contribution in [1.82, 2.24) is 29.9 Å². The molecule has 0 spiro atoms. The van der Waals surface area contributed by atoms with Crippen molar-refractivity contribution >= 4 is 22.7 Å². The number of para-hydroxylation sites is 1. The number of rotatable bonds is 7. The second-order valence-corrected chi connectivity index (χ2v) is 7.77. The van der Waals surface area contributed by atoms with E-state index in [1.165, 1.54) is 11.8 Å². The van der Waals surface area contributed by atoms with E-state index in [0.29, 0.717) is 17.5 Å². The average molecular weight is 433 g/mol. The van der Waals surface area contributed by atoms with E-state index in [9.17, 15) is 0 Å². The number of aromatic amines is 1. The van der Waals surface area contributed by atoms with Gasteiger partial charge in [-0.15, -0.1) is 10.2 Å². The summed E-state index contributed by atoms with van der Waals surface area (Å²) in [5, 5.41) is 14.9. The van der Waals surface area contributed by atoms with Crippen molar-refractivity contribution in [3.63, 3.8) is 0 Å². The first-order valence-corrected chi connectivity index (χ1v) is 10.8. The van der Waals surface area contributed by atoms with Crippen LogP contribution in [0.3, 0.4) is 0 Å². The zero-order chi connectivity index (χ0) is 21.2. The number of nitrogens with zero attached hydrogens (tertiary/aromatic N) is 5. The summed E-state index contributed by atoms with van der Waals surface area (Å²) >= 11 is 1.53. The van der Waals surface area contributed by atoms with Crippen molar-refractivity contribution < 1.29 is 9.26 Å². The van der Waals surface area contributed by atoms with E-state index >= 15 is 0 Å². The molecule has 5 aromatic rings. The summed E-state index contributed by atoms with van der Waals surface area (Å²) in [6.45, 7) is 2.84. The Bertz CT molecular complexity index is 1320. The number of aromatic nitrogens is 6. The van der Waals surface area contributed by atoms with Gasteiger partial charge < -0.3 is 18.8 Å². The predicted octanol–water partition coefficient (Wildman–Crippen LogP) is 4.80. The van der Waals surface area contributed by atoms with Crippen molar-refractivity contribution in [3.05, 3.63) is 60.6 Å². The molecule has 3 heterocycles. The molecular formula is C22H20N6O2S. The van der Waals surface area contributed by atoms with E-state index in [-0.39, 0.29) is 0 Å². The van der Waals surface area contributed by atoms with Crippen LogP contribution in [0, 0.1) is 0 Å². The van der Waals surface area contributed by atoms with Gasteiger partial charge in [0.15, 0.2) is 11.0 Å². The molecule has 0 atom stereocenters. The van der Waals surface area contributed by atoms with Crippen LogP contribution in [-0.4, -0.2) is 37.0 Å². The van der Waals surface area contributed by atoms with Gasteiger partial charge in [-0.05, 0) is 37.3 Å². The molecule has 31 heavy (non-hydrogen) atoms. The summed E-state index contributed by atoms with van der Waals surface area (Å²) in [6, 6.07) is 15.7. The first-order chi connectivity index (χ1) is 15.3. The number of methoxy groups -OCH3 is 1. The van der Waals surface area contributed by atoms with E-state index in [1.807, 2.05) is 42.6 Å². The van der Waals surface area contributed by atoms with Crippen LogP contribution in [0.1, 0.15) is 12.8 Å². The lowest BCUT2D eigenvalue weighted by molar-refractivity contribution is 0.391. The smallest absolute Gasteiger partial charge is 0.237 e. The number of nitrogens with one attached hydrogen (secondary N) is 1. The van der Waals surface area contributed by atoms with Crippen LogP contribution >= 0.6 is 11.8 Å². The van der Waals surface area contributed by atoms with Gasteiger partial charge in [-0.25, -0.2) is 0 Å². The minimum Gasteiger partial charge on any atom is -0.497 e. The van der Waals surface area contributed by atoms with E-state index in [4.69, 9.17) is 9.26 Å². The Morgan fingerprint density at radius 1 is 1.10 bits per heavy atom. The first kappa shape index (κ1) is 19.4. The number of hydrogen-bond acceptors (Lipinski definition) is 7. The fourth-order valence-corrected chi connectivity index (χ4v) is 4.27. The predicted molar refractivity (Wildman–Crippen MR) is 119 cm³/mol. The van der Waals surface area contributed by atoms with Crippen LogP contribution in [0.15, 0.2) is 64.4 Å². The number of thioether (sulfide) groups is 1. The van der Waals surface area contributed by atoms with Gasteiger partial charge in [0.05, 0.1) is 12.9 Å². The van der Waals surface area contributed by atoms with Gasteiger partial charge in [-0.2, -0.15) is 4.98 Å². The molecular weight excluding hydrogens is 412 g/mol. The highest BCUT2D eigenvalue weighted by Gasteiger charge is 2.17. The summed E-state index contributed by atoms with van der Waals surface area (Å²) in [6.07, 6.45) is 1.98. The largest absolute Gasteiger partial charge is 0.497 e. The molecule has 0 saturated carbocycles. The number of H-pyrrole nitrogens is 1. The molecule has 2 aromatic carbocycles. The van der Waals surface area contributed by atoms with Gasteiger partial charge in [-0.3, -0.25) is 0 Å². The zero-order valence-corrected chi connectivity index (χ0v) is 17.9. The lowest BCUT2D eigenvalue weighted by atomic mass is 10.1. The number of hydrogen-bond donors (Lipinski definition) is 1. The summed E-state index contributed by atoms with van der Waals surface area (Å²) in [5.74, 6) is 3.22. The summed E-state index contributed by atoms with van der Waals surface area (Å²) in [7, 11) is 1.64. The molecule has 0 aliphatic heterocycles. The SMILES string of the molecule is CCn1c(SCc2nc(-c3ccc(OC)cc3)no2)nnc1-c1c[nH]c2ccccc12. The molecule has 0 bridgehead atoms. The van der Waals surface area contributed by atoms with Gasteiger partial charge in [0.1, 0.15) is 5.75 Å². The van der Waals surface area contributed by atoms with Crippen molar-refractivity contribution in [2.24, 2.45) is 0 Å². The van der Waals surface area contributed by atoms with Crippen LogP contribution in [0.2, 0.25) is 0 Å². The Morgan fingerprint density at radius 3 is 2.74 bits per heavy atom. The molecule has 0 amide bonds. The maximum Gasteiger partial charge on any atom is 0.237 e. The minimum atomic E-state index is 0.509. The Hall–Kier alpha value is -3.59. The maximum atomic E-state index is 5.43. The molecule has 3 aromatic heterocycles. The third kappa shape index (κ3) is 3.68. The Kier molecular flexibility index (Phi) is 5.17. The maximum absolute atomic E-state index is 5.43. The van der Waals surface area contributed by atoms with Crippen LogP contribution in [-0.2, 0) is 12.3 Å². The normalized spacial score (nSPS) is 11.3. The van der Waals surface area contributed by atoms with Crippen LogP contribution in [0.5, 0.6) is 5.75 Å². The topological polar surface area (TPSA) is 94.7 Å². The first-order valence-electron chi connectivity index (χ1n) is 9.86. The van der Waals surface area contributed by atoms with Gasteiger partial charge in [-0.1, -0.05) is 35.1 Å². The minimum absolute atomic E-state index is 0.509. The second kappa shape index (κ2) is 8.27. The van der Waals surface area contributed by atoms with Crippen molar-refractivity contribution in [2.45, 2.75) is 24.4 Å². The quantitative estimate of drug-likeness (QED) is 0.369. The van der Waals surface area contributed by atoms with Gasteiger partial charge in [0.25, 0.3) is 0 Å². The van der Waals surface area contributed by atoms with Crippen molar-refractivity contribution in [2.75, 3.05) is 7.11 Å². The lowest BCUT2D eigenvalue weighted by Gasteiger charge is -2.05. The molecule has 0 radical (unpaired) electrons. The Morgan fingerprint density at radius 2 is 1.94 bits per heavy atom. The molecule has 0 fully saturated rings. The fourth-order valence-electron chi connectivity index (χ4n) is 3.43. The molecule has 0 aliphatic rings. The summed E-state index contributed by atoms with van der Waals surface area (Å²) in [4.78, 5) is 7.80. The molecule has 0 saturated heterocycles. The summed E-state index contributed by atoms with van der Waals surface area (Å²) < 4.78 is 12.7. The monoisotopic (exact) mass is 432 g/mol. The fraction of sp³-hybridized carbons (Fsp3) is 0.182. The Balaban J connectivity index is 1.35. The van der Waals surface area contributed by atoms with E-state index in [0.717, 1.165) is 45.3 Å². The molecule has 9 heteroatoms. The van der Waals surface area contributed by atoms with Crippen LogP contribution in [0.4, 0.5) is 0 Å². The van der Waals surface area contributed by atoms with Crippen molar-refractivity contribution in [3.8, 4) is 28.5 Å². The highest BCUT2D eigenvalue weighted by molar-refractivity contribution is 7.98. The van der Waals surface area contributed by atoms with E-state index in [2.05, 4.69) is 48.9 Å². The van der Waals surface area contributed by atoms with Crippen LogP contribution in [0.25, 0.3) is 33.7 Å². The number of ether oxygens (including phenoxy) is 1. The number of benzene rings is 2. The highest BCUT2D eigenvalue weighted by atomic mass is 32.2. The zero-order valence-electron chi connectivity index (χ0n) is 17.1. The van der Waals surface area contributed by atoms with E-state index in [1.54, 1.807) is 7.11 Å². The van der Waals surface area contributed by atoms with Gasteiger partial charge in [0, 0.05) is 34.8 Å². The van der Waals surface area contributed by atoms with Crippen LogP contribution < -0.4 is 4.74 Å². The number of fused-ring (bicyclic) bond motifs is 1. The molecule has 1 N–H and O–H groups in total. The third-order valence-corrected chi connectivity index (χ3v) is 5.96. The average Bonchev–Trinajstić information content (AvgIpc) is 3.55.